The van der Waals surface area contributed by atoms with Crippen LogP contribution in [0.1, 0.15) is 415 Å². The lowest BCUT2D eigenvalue weighted by Gasteiger charge is -2.21. The van der Waals surface area contributed by atoms with Crippen molar-refractivity contribution in [2.24, 2.45) is 23.7 Å². The fourth-order valence-electron chi connectivity index (χ4n) is 12.4. The summed E-state index contributed by atoms with van der Waals surface area (Å²) in [7, 11) is -9.92. The Morgan fingerprint density at radius 3 is 0.620 bits per heavy atom. The zero-order valence-electron chi connectivity index (χ0n) is 65.8. The van der Waals surface area contributed by atoms with Crippen molar-refractivity contribution < 1.29 is 80.2 Å². The average molecular weight is 1470 g/mol. The van der Waals surface area contributed by atoms with E-state index in [1.54, 1.807) is 0 Å². The first-order valence-electron chi connectivity index (χ1n) is 41.7. The molecular weight excluding hydrogens is 1310 g/mol. The molecule has 3 N–H and O–H groups in total. The molecule has 0 spiro atoms. The van der Waals surface area contributed by atoms with Crippen molar-refractivity contribution in [2.45, 2.75) is 433 Å². The monoisotopic (exact) mass is 1470 g/mol. The first-order chi connectivity index (χ1) is 48.1. The van der Waals surface area contributed by atoms with E-state index in [9.17, 15) is 43.2 Å². The van der Waals surface area contributed by atoms with Gasteiger partial charge in [-0.3, -0.25) is 37.3 Å². The number of ether oxygens (including phenoxy) is 4. The predicted molar refractivity (Wildman–Crippen MR) is 409 cm³/mol. The van der Waals surface area contributed by atoms with Gasteiger partial charge in [-0.1, -0.05) is 364 Å². The maximum atomic E-state index is 13.1. The summed E-state index contributed by atoms with van der Waals surface area (Å²) in [6, 6.07) is 0. The third-order valence-corrected chi connectivity index (χ3v) is 20.7. The molecule has 0 fully saturated rings. The van der Waals surface area contributed by atoms with Gasteiger partial charge in [0.1, 0.15) is 19.3 Å². The van der Waals surface area contributed by atoms with Crippen LogP contribution in [-0.4, -0.2) is 96.7 Å². The molecule has 0 heterocycles. The fourth-order valence-corrected chi connectivity index (χ4v) is 14.0. The van der Waals surface area contributed by atoms with Crippen LogP contribution >= 0.6 is 15.6 Å². The quantitative estimate of drug-likeness (QED) is 0.0222. The molecule has 0 aromatic heterocycles. The minimum Gasteiger partial charge on any atom is -0.462 e. The molecular formula is C81H158O17P2. The van der Waals surface area contributed by atoms with E-state index in [1.165, 1.54) is 212 Å². The van der Waals surface area contributed by atoms with E-state index in [4.69, 9.17) is 37.0 Å². The van der Waals surface area contributed by atoms with Crippen LogP contribution < -0.4 is 0 Å². The van der Waals surface area contributed by atoms with Crippen LogP contribution in [0.3, 0.4) is 0 Å². The highest BCUT2D eigenvalue weighted by Crippen LogP contribution is 2.45. The van der Waals surface area contributed by atoms with Gasteiger partial charge in [0.15, 0.2) is 12.2 Å². The van der Waals surface area contributed by atoms with Gasteiger partial charge < -0.3 is 33.8 Å². The number of aliphatic hydroxyl groups excluding tert-OH is 1. The van der Waals surface area contributed by atoms with Crippen LogP contribution in [0.5, 0.6) is 0 Å². The van der Waals surface area contributed by atoms with Crippen molar-refractivity contribution in [2.75, 3.05) is 39.6 Å². The Morgan fingerprint density at radius 1 is 0.250 bits per heavy atom. The average Bonchev–Trinajstić information content (AvgIpc) is 0.926. The van der Waals surface area contributed by atoms with Gasteiger partial charge in [0, 0.05) is 25.7 Å². The van der Waals surface area contributed by atoms with Gasteiger partial charge in [0.25, 0.3) is 0 Å². The molecule has 0 rings (SSSR count). The molecule has 0 aromatic carbocycles. The highest BCUT2D eigenvalue weighted by Gasteiger charge is 2.30. The first kappa shape index (κ1) is 98.1. The van der Waals surface area contributed by atoms with E-state index in [0.29, 0.717) is 31.6 Å². The van der Waals surface area contributed by atoms with E-state index in [0.717, 1.165) is 114 Å². The standard InChI is InChI=1S/C81H158O17P2/c1-71(2)57-49-41-33-27-21-15-10-9-11-19-25-31-37-47-55-63-81(86)98-77(68-92-79(84)62-54-46-40-39-44-52-60-74(7)8)70-96-100(89,90)94-66-75(82)65-93-99(87,88)95-69-76(97-80(85)64-56-48-38-32-26-20-14-17-23-29-35-43-51-59-73(5)6)67-91-78(83)61-53-45-36-30-24-18-13-12-16-22-28-34-42-50-58-72(3)4/h71-77,82H,9-70H2,1-8H3,(H,87,88)(H,89,90)/t75?,76-,77-/m1/s1. The number of carbonyl (C=O) groups is 4. The molecule has 0 aliphatic heterocycles. The number of unbranched alkanes of at least 4 members (excludes halogenated alkanes) is 44. The van der Waals surface area contributed by atoms with Crippen LogP contribution in [0.2, 0.25) is 0 Å². The third kappa shape index (κ3) is 74.3. The van der Waals surface area contributed by atoms with Crippen molar-refractivity contribution in [1.82, 2.24) is 0 Å². The SMILES string of the molecule is CC(C)CCCCCCCCCCCCCCCCCC(=O)O[C@H](COC(=O)CCCCCCCCC(C)C)COP(=O)(O)OCC(O)COP(=O)(O)OC[C@@H](COC(=O)CCCCCCCCCCCCCCCCC(C)C)OC(=O)CCCCCCCCCCCCCCCC(C)C. The molecule has 17 nitrogen and oxygen atoms in total. The number of carbonyl (C=O) groups excluding carboxylic acids is 4. The summed E-state index contributed by atoms with van der Waals surface area (Å²) in [4.78, 5) is 73.0. The maximum absolute atomic E-state index is 13.1. The van der Waals surface area contributed by atoms with Crippen molar-refractivity contribution in [3.8, 4) is 0 Å². The molecule has 0 radical (unpaired) electrons. The van der Waals surface area contributed by atoms with Gasteiger partial charge in [0.2, 0.25) is 0 Å². The van der Waals surface area contributed by atoms with Crippen LogP contribution in [0.25, 0.3) is 0 Å². The Balaban J connectivity index is 5.22. The topological polar surface area (TPSA) is 237 Å². The molecule has 0 aliphatic carbocycles. The lowest BCUT2D eigenvalue weighted by molar-refractivity contribution is -0.161. The zero-order valence-corrected chi connectivity index (χ0v) is 67.6. The molecule has 0 amide bonds. The Morgan fingerprint density at radius 2 is 0.420 bits per heavy atom. The summed E-state index contributed by atoms with van der Waals surface area (Å²) in [5.41, 5.74) is 0. The van der Waals surface area contributed by atoms with E-state index < -0.39 is 97.5 Å². The minimum absolute atomic E-state index is 0.106. The number of rotatable bonds is 78. The Hall–Kier alpha value is -1.94. The second kappa shape index (κ2) is 70.1. The summed E-state index contributed by atoms with van der Waals surface area (Å²) >= 11 is 0. The molecule has 0 bridgehead atoms. The summed E-state index contributed by atoms with van der Waals surface area (Å²) in [5.74, 6) is 0.953. The van der Waals surface area contributed by atoms with Gasteiger partial charge in [-0.2, -0.15) is 0 Å². The van der Waals surface area contributed by atoms with E-state index in [1.807, 2.05) is 0 Å². The molecule has 0 saturated heterocycles. The molecule has 19 heteroatoms. The first-order valence-corrected chi connectivity index (χ1v) is 44.7. The lowest BCUT2D eigenvalue weighted by Crippen LogP contribution is -2.30. The maximum Gasteiger partial charge on any atom is 0.472 e. The van der Waals surface area contributed by atoms with E-state index in [2.05, 4.69) is 55.4 Å². The largest absolute Gasteiger partial charge is 0.472 e. The molecule has 3 unspecified atom stereocenters. The second-order valence-electron chi connectivity index (χ2n) is 31.1. The van der Waals surface area contributed by atoms with E-state index in [-0.39, 0.29) is 25.7 Å². The summed E-state index contributed by atoms with van der Waals surface area (Å²) in [5, 5.41) is 10.6. The zero-order chi connectivity index (χ0) is 73.8. The number of esters is 4. The highest BCUT2D eigenvalue weighted by molar-refractivity contribution is 7.47. The van der Waals surface area contributed by atoms with Crippen LogP contribution in [0.15, 0.2) is 0 Å². The van der Waals surface area contributed by atoms with Crippen LogP contribution in [0.4, 0.5) is 0 Å². The van der Waals surface area contributed by atoms with Crippen LogP contribution in [0, 0.1) is 23.7 Å². The highest BCUT2D eigenvalue weighted by atomic mass is 31.2. The Labute approximate surface area is 613 Å². The number of phosphoric acid groups is 2. The smallest absolute Gasteiger partial charge is 0.462 e. The molecule has 0 aliphatic rings. The molecule has 0 saturated carbocycles. The minimum atomic E-state index is -4.96. The van der Waals surface area contributed by atoms with Gasteiger partial charge in [-0.15, -0.1) is 0 Å². The second-order valence-corrected chi connectivity index (χ2v) is 34.0. The number of hydrogen-bond acceptors (Lipinski definition) is 15. The van der Waals surface area contributed by atoms with Gasteiger partial charge in [-0.05, 0) is 49.4 Å². The number of phosphoric ester groups is 2. The van der Waals surface area contributed by atoms with Gasteiger partial charge >= 0.3 is 39.5 Å². The predicted octanol–water partition coefficient (Wildman–Crippen LogP) is 24.0. The van der Waals surface area contributed by atoms with Crippen molar-refractivity contribution in [1.29, 1.82) is 0 Å². The van der Waals surface area contributed by atoms with Crippen molar-refractivity contribution in [3.05, 3.63) is 0 Å². The number of hydrogen-bond donors (Lipinski definition) is 3. The molecule has 0 aromatic rings. The normalized spacial score (nSPS) is 14.0. The van der Waals surface area contributed by atoms with Gasteiger partial charge in [-0.25, -0.2) is 9.13 Å². The van der Waals surface area contributed by atoms with Crippen LogP contribution in [-0.2, 0) is 65.4 Å². The Kier molecular flexibility index (Phi) is 68.7. The number of aliphatic hydroxyl groups is 1. The molecule has 5 atom stereocenters. The fraction of sp³-hybridized carbons (Fsp3) is 0.951. The van der Waals surface area contributed by atoms with Crippen molar-refractivity contribution >= 4 is 39.5 Å². The lowest BCUT2D eigenvalue weighted by atomic mass is 10.0. The van der Waals surface area contributed by atoms with Crippen molar-refractivity contribution in [3.63, 3.8) is 0 Å². The molecule has 594 valence electrons. The Bertz CT molecular complexity index is 1950. The van der Waals surface area contributed by atoms with Gasteiger partial charge in [0.05, 0.1) is 26.4 Å². The van der Waals surface area contributed by atoms with E-state index >= 15 is 0 Å². The molecule has 100 heavy (non-hydrogen) atoms. The summed E-state index contributed by atoms with van der Waals surface area (Å²) in [6.45, 7) is 14.2. The summed E-state index contributed by atoms with van der Waals surface area (Å²) in [6.07, 6.45) is 57.0. The summed E-state index contributed by atoms with van der Waals surface area (Å²) < 4.78 is 68.7. The third-order valence-electron chi connectivity index (χ3n) is 18.8.